The Morgan fingerprint density at radius 1 is 1.19 bits per heavy atom. The molecule has 1 nitrogen and oxygen atoms in total. The Morgan fingerprint density at radius 3 is 2.62 bits per heavy atom. The van der Waals surface area contributed by atoms with Crippen LogP contribution in [0.4, 0.5) is 0 Å². The quantitative estimate of drug-likeness (QED) is 0.520. The zero-order valence-corrected chi connectivity index (χ0v) is 14.9. The van der Waals surface area contributed by atoms with Gasteiger partial charge in [0.25, 0.3) is 0 Å². The van der Waals surface area contributed by atoms with Gasteiger partial charge >= 0.3 is 0 Å². The van der Waals surface area contributed by atoms with Crippen molar-refractivity contribution in [3.63, 3.8) is 0 Å². The Bertz CT molecular complexity index is 601. The average Bonchev–Trinajstić information content (AvgIpc) is 2.48. The first-order valence-electron chi connectivity index (χ1n) is 6.91. The van der Waals surface area contributed by atoms with Crippen molar-refractivity contribution in [2.75, 3.05) is 6.61 Å². The SMILES string of the molecule is CCCOc1ccc(C(Cl)Cc2ccccc2Cl)cc1Br. The number of ether oxygens (including phenoxy) is 1. The van der Waals surface area contributed by atoms with Gasteiger partial charge in [-0.15, -0.1) is 11.6 Å². The molecule has 0 aliphatic rings. The molecule has 0 N–H and O–H groups in total. The van der Waals surface area contributed by atoms with Gasteiger partial charge in [-0.2, -0.15) is 0 Å². The van der Waals surface area contributed by atoms with Gasteiger partial charge in [0.2, 0.25) is 0 Å². The highest BCUT2D eigenvalue weighted by Crippen LogP contribution is 2.33. The lowest BCUT2D eigenvalue weighted by Crippen LogP contribution is -1.99. The maximum atomic E-state index is 6.52. The maximum Gasteiger partial charge on any atom is 0.133 e. The number of alkyl halides is 1. The molecular weight excluding hydrogens is 371 g/mol. The van der Waals surface area contributed by atoms with E-state index >= 15 is 0 Å². The van der Waals surface area contributed by atoms with Crippen LogP contribution in [0, 0.1) is 0 Å². The topological polar surface area (TPSA) is 9.23 Å². The molecule has 0 aliphatic heterocycles. The van der Waals surface area contributed by atoms with Crippen LogP contribution in [-0.2, 0) is 6.42 Å². The Morgan fingerprint density at radius 2 is 1.95 bits per heavy atom. The average molecular weight is 388 g/mol. The summed E-state index contributed by atoms with van der Waals surface area (Å²) in [5.74, 6) is 0.849. The zero-order valence-electron chi connectivity index (χ0n) is 11.8. The first-order valence-corrected chi connectivity index (χ1v) is 8.52. The van der Waals surface area contributed by atoms with Crippen LogP contribution in [0.5, 0.6) is 5.75 Å². The van der Waals surface area contributed by atoms with Crippen LogP contribution in [0.2, 0.25) is 5.02 Å². The summed E-state index contributed by atoms with van der Waals surface area (Å²) in [6.45, 7) is 2.79. The van der Waals surface area contributed by atoms with Crippen molar-refractivity contribution in [3.8, 4) is 5.75 Å². The lowest BCUT2D eigenvalue weighted by atomic mass is 10.0. The summed E-state index contributed by atoms with van der Waals surface area (Å²) in [5.41, 5.74) is 2.11. The van der Waals surface area contributed by atoms with Crippen LogP contribution < -0.4 is 4.74 Å². The molecule has 0 radical (unpaired) electrons. The van der Waals surface area contributed by atoms with Gasteiger partial charge in [0.1, 0.15) is 5.75 Å². The Kier molecular flexibility index (Phi) is 6.40. The minimum atomic E-state index is -0.124. The van der Waals surface area contributed by atoms with Crippen molar-refractivity contribution in [3.05, 3.63) is 63.1 Å². The van der Waals surface area contributed by atoms with E-state index in [1.54, 1.807) is 0 Å². The van der Waals surface area contributed by atoms with Gasteiger partial charge in [0, 0.05) is 5.02 Å². The molecule has 0 amide bonds. The molecule has 0 heterocycles. The molecule has 0 saturated heterocycles. The van der Waals surface area contributed by atoms with E-state index in [2.05, 4.69) is 22.9 Å². The molecule has 0 bridgehead atoms. The van der Waals surface area contributed by atoms with Crippen molar-refractivity contribution in [1.29, 1.82) is 0 Å². The Balaban J connectivity index is 2.11. The predicted molar refractivity (Wildman–Crippen MR) is 93.7 cm³/mol. The number of rotatable bonds is 6. The van der Waals surface area contributed by atoms with E-state index in [1.807, 2.05) is 42.5 Å². The van der Waals surface area contributed by atoms with Gasteiger partial charge in [0.05, 0.1) is 16.5 Å². The standard InChI is InChI=1S/C17H17BrCl2O/c1-2-9-21-17-8-7-13(10-14(17)18)16(20)11-12-5-3-4-6-15(12)19/h3-8,10,16H,2,9,11H2,1H3. The van der Waals surface area contributed by atoms with E-state index in [0.717, 1.165) is 32.8 Å². The lowest BCUT2D eigenvalue weighted by Gasteiger charge is -2.13. The molecule has 112 valence electrons. The van der Waals surface area contributed by atoms with Crippen LogP contribution in [0.25, 0.3) is 0 Å². The number of hydrogen-bond acceptors (Lipinski definition) is 1. The molecular formula is C17H17BrCl2O. The number of hydrogen-bond donors (Lipinski definition) is 0. The van der Waals surface area contributed by atoms with Gasteiger partial charge in [-0.3, -0.25) is 0 Å². The molecule has 2 aromatic rings. The summed E-state index contributed by atoms with van der Waals surface area (Å²) >= 11 is 16.2. The molecule has 2 rings (SSSR count). The van der Waals surface area contributed by atoms with Gasteiger partial charge in [-0.25, -0.2) is 0 Å². The molecule has 0 fully saturated rings. The minimum Gasteiger partial charge on any atom is -0.492 e. The molecule has 0 aliphatic carbocycles. The molecule has 21 heavy (non-hydrogen) atoms. The largest absolute Gasteiger partial charge is 0.492 e. The summed E-state index contributed by atoms with van der Waals surface area (Å²) in [7, 11) is 0. The van der Waals surface area contributed by atoms with Crippen LogP contribution >= 0.6 is 39.1 Å². The van der Waals surface area contributed by atoms with E-state index in [1.165, 1.54) is 0 Å². The second-order valence-electron chi connectivity index (χ2n) is 4.80. The smallest absolute Gasteiger partial charge is 0.133 e. The number of benzene rings is 2. The highest BCUT2D eigenvalue weighted by Gasteiger charge is 2.13. The van der Waals surface area contributed by atoms with Gasteiger partial charge in [0.15, 0.2) is 0 Å². The zero-order chi connectivity index (χ0) is 15.2. The van der Waals surface area contributed by atoms with Crippen LogP contribution in [-0.4, -0.2) is 6.61 Å². The third kappa shape index (κ3) is 4.64. The molecule has 1 unspecified atom stereocenters. The fourth-order valence-corrected chi connectivity index (χ4v) is 3.04. The normalized spacial score (nSPS) is 12.2. The maximum absolute atomic E-state index is 6.52. The summed E-state index contributed by atoms with van der Waals surface area (Å²) in [6, 6.07) is 13.8. The van der Waals surface area contributed by atoms with E-state index < -0.39 is 0 Å². The van der Waals surface area contributed by atoms with Gasteiger partial charge < -0.3 is 4.74 Å². The molecule has 1 atom stereocenters. The van der Waals surface area contributed by atoms with Gasteiger partial charge in [-0.1, -0.05) is 42.8 Å². The van der Waals surface area contributed by atoms with Crippen molar-refractivity contribution < 1.29 is 4.74 Å². The van der Waals surface area contributed by atoms with E-state index in [0.29, 0.717) is 13.0 Å². The summed E-state index contributed by atoms with van der Waals surface area (Å²) in [5, 5.41) is 0.631. The van der Waals surface area contributed by atoms with Crippen molar-refractivity contribution >= 4 is 39.1 Å². The third-order valence-corrected chi connectivity index (χ3v) is 4.53. The fraction of sp³-hybridized carbons (Fsp3) is 0.294. The number of halogens is 3. The summed E-state index contributed by atoms with van der Waals surface area (Å²) in [6.07, 6.45) is 1.68. The summed E-state index contributed by atoms with van der Waals surface area (Å²) in [4.78, 5) is 0. The second-order valence-corrected chi connectivity index (χ2v) is 6.59. The van der Waals surface area contributed by atoms with E-state index in [4.69, 9.17) is 27.9 Å². The van der Waals surface area contributed by atoms with E-state index in [-0.39, 0.29) is 5.38 Å². The molecule has 2 aromatic carbocycles. The van der Waals surface area contributed by atoms with Crippen LogP contribution in [0.3, 0.4) is 0 Å². The molecule has 0 aromatic heterocycles. The van der Waals surface area contributed by atoms with Crippen molar-refractivity contribution in [1.82, 2.24) is 0 Å². The van der Waals surface area contributed by atoms with Crippen LogP contribution in [0.1, 0.15) is 29.8 Å². The monoisotopic (exact) mass is 386 g/mol. The van der Waals surface area contributed by atoms with Crippen molar-refractivity contribution in [2.24, 2.45) is 0 Å². The predicted octanol–water partition coefficient (Wildman–Crippen LogP) is 6.41. The molecule has 0 spiro atoms. The lowest BCUT2D eigenvalue weighted by molar-refractivity contribution is 0.315. The van der Waals surface area contributed by atoms with Crippen molar-refractivity contribution in [2.45, 2.75) is 25.1 Å². The molecule has 4 heteroatoms. The Hall–Kier alpha value is -0.700. The highest BCUT2D eigenvalue weighted by atomic mass is 79.9. The van der Waals surface area contributed by atoms with Gasteiger partial charge in [-0.05, 0) is 58.1 Å². The first kappa shape index (κ1) is 16.7. The van der Waals surface area contributed by atoms with E-state index in [9.17, 15) is 0 Å². The highest BCUT2D eigenvalue weighted by molar-refractivity contribution is 9.10. The molecule has 0 saturated carbocycles. The third-order valence-electron chi connectivity index (χ3n) is 3.14. The Labute approximate surface area is 144 Å². The minimum absolute atomic E-state index is 0.124. The van der Waals surface area contributed by atoms with Crippen LogP contribution in [0.15, 0.2) is 46.9 Å². The second kappa shape index (κ2) is 8.07. The summed E-state index contributed by atoms with van der Waals surface area (Å²) < 4.78 is 6.58. The first-order chi connectivity index (χ1) is 10.1. The fourth-order valence-electron chi connectivity index (χ4n) is 2.02.